The van der Waals surface area contributed by atoms with Gasteiger partial charge < -0.3 is 5.32 Å². The van der Waals surface area contributed by atoms with Gasteiger partial charge in [0.1, 0.15) is 0 Å². The topological polar surface area (TPSA) is 39.1 Å². The molecule has 124 valence electrons. The minimum atomic E-state index is 0. The Bertz CT molecular complexity index is 436. The van der Waals surface area contributed by atoms with Crippen molar-refractivity contribution in [1.82, 2.24) is 10.2 Å². The molecule has 22 heavy (non-hydrogen) atoms. The summed E-state index contributed by atoms with van der Waals surface area (Å²) in [5.74, 6) is 0. The molecule has 0 aliphatic carbocycles. The number of unbranched alkanes of at least 4 members (excludes halogenated alkanes) is 2. The summed E-state index contributed by atoms with van der Waals surface area (Å²) in [4.78, 5) is 2.59. The fraction of sp³-hybridized carbons (Fsp3) is 0.588. The van der Waals surface area contributed by atoms with Crippen LogP contribution < -0.4 is 5.32 Å². The lowest BCUT2D eigenvalue weighted by Crippen LogP contribution is -2.45. The van der Waals surface area contributed by atoms with E-state index in [1.807, 2.05) is 12.1 Å². The second-order valence-corrected chi connectivity index (χ2v) is 5.53. The van der Waals surface area contributed by atoms with Crippen molar-refractivity contribution < 1.29 is 0 Å². The summed E-state index contributed by atoms with van der Waals surface area (Å²) in [7, 11) is 0. The molecule has 0 radical (unpaired) electrons. The summed E-state index contributed by atoms with van der Waals surface area (Å²) in [6.07, 6.45) is 5.07. The van der Waals surface area contributed by atoms with E-state index in [0.29, 0.717) is 6.04 Å². The van der Waals surface area contributed by atoms with E-state index >= 15 is 0 Å². The van der Waals surface area contributed by atoms with Crippen LogP contribution in [-0.4, -0.2) is 31.1 Å². The number of halogens is 2. The lowest BCUT2D eigenvalue weighted by molar-refractivity contribution is 0.162. The molecule has 3 nitrogen and oxygen atoms in total. The van der Waals surface area contributed by atoms with Crippen molar-refractivity contribution in [3.05, 3.63) is 35.4 Å². The molecular weight excluding hydrogens is 317 g/mol. The highest BCUT2D eigenvalue weighted by Gasteiger charge is 2.21. The molecule has 1 fully saturated rings. The first-order valence-electron chi connectivity index (χ1n) is 7.80. The number of hydrogen-bond acceptors (Lipinski definition) is 3. The van der Waals surface area contributed by atoms with Gasteiger partial charge in [-0.1, -0.05) is 38.3 Å². The smallest absolute Gasteiger partial charge is 0.0991 e. The average Bonchev–Trinajstić information content (AvgIpc) is 2.53. The normalized spacial score (nSPS) is 16.0. The van der Waals surface area contributed by atoms with Crippen molar-refractivity contribution in [3.63, 3.8) is 0 Å². The number of hydrogen-bond donors (Lipinski definition) is 1. The van der Waals surface area contributed by atoms with Crippen LogP contribution in [0.2, 0.25) is 0 Å². The Balaban J connectivity index is 0.00000220. The van der Waals surface area contributed by atoms with Crippen LogP contribution in [0.3, 0.4) is 0 Å². The molecule has 1 aliphatic heterocycles. The monoisotopic (exact) mass is 343 g/mol. The first-order chi connectivity index (χ1) is 9.85. The van der Waals surface area contributed by atoms with Crippen molar-refractivity contribution in [1.29, 1.82) is 5.26 Å². The van der Waals surface area contributed by atoms with Crippen LogP contribution in [0.4, 0.5) is 0 Å². The molecule has 2 rings (SSSR count). The SMILES string of the molecule is CCCCC[C@H](c1ccc(C#N)cc1)N1CCNCC1.Cl.Cl. The molecule has 1 aromatic rings. The largest absolute Gasteiger partial charge is 0.314 e. The van der Waals surface area contributed by atoms with Crippen LogP contribution in [0.15, 0.2) is 24.3 Å². The van der Waals surface area contributed by atoms with E-state index < -0.39 is 0 Å². The van der Waals surface area contributed by atoms with Gasteiger partial charge in [0, 0.05) is 32.2 Å². The van der Waals surface area contributed by atoms with E-state index in [4.69, 9.17) is 5.26 Å². The van der Waals surface area contributed by atoms with Crippen LogP contribution in [0, 0.1) is 11.3 Å². The Morgan fingerprint density at radius 2 is 1.77 bits per heavy atom. The third-order valence-corrected chi connectivity index (χ3v) is 4.10. The molecule has 1 aromatic carbocycles. The zero-order valence-electron chi connectivity index (χ0n) is 13.3. The second-order valence-electron chi connectivity index (χ2n) is 5.53. The van der Waals surface area contributed by atoms with E-state index in [9.17, 15) is 0 Å². The molecule has 1 aliphatic rings. The summed E-state index contributed by atoms with van der Waals surface area (Å²) in [6, 6.07) is 10.9. The molecule has 1 atom stereocenters. The van der Waals surface area contributed by atoms with E-state index in [1.54, 1.807) is 0 Å². The number of nitriles is 1. The van der Waals surface area contributed by atoms with Gasteiger partial charge >= 0.3 is 0 Å². The zero-order chi connectivity index (χ0) is 14.2. The third-order valence-electron chi connectivity index (χ3n) is 4.10. The van der Waals surface area contributed by atoms with Crippen LogP contribution >= 0.6 is 24.8 Å². The minimum Gasteiger partial charge on any atom is -0.314 e. The van der Waals surface area contributed by atoms with Crippen LogP contribution in [-0.2, 0) is 0 Å². The second kappa shape index (κ2) is 11.7. The number of rotatable bonds is 6. The highest BCUT2D eigenvalue weighted by atomic mass is 35.5. The molecule has 0 amide bonds. The Labute approximate surface area is 146 Å². The van der Waals surface area contributed by atoms with Gasteiger partial charge in [-0.2, -0.15) is 5.26 Å². The predicted octanol–water partition coefficient (Wildman–Crippen LogP) is 3.93. The van der Waals surface area contributed by atoms with Crippen LogP contribution in [0.25, 0.3) is 0 Å². The molecule has 5 heteroatoms. The Morgan fingerprint density at radius 3 is 2.32 bits per heavy atom. The van der Waals surface area contributed by atoms with Gasteiger partial charge in [-0.3, -0.25) is 4.90 Å². The van der Waals surface area contributed by atoms with Gasteiger partial charge in [-0.05, 0) is 24.1 Å². The van der Waals surface area contributed by atoms with Crippen molar-refractivity contribution >= 4 is 24.8 Å². The molecular formula is C17H27Cl2N3. The van der Waals surface area contributed by atoms with Gasteiger partial charge in [-0.25, -0.2) is 0 Å². The maximum absolute atomic E-state index is 8.92. The van der Waals surface area contributed by atoms with E-state index in [0.717, 1.165) is 31.7 Å². The van der Waals surface area contributed by atoms with Crippen molar-refractivity contribution in [3.8, 4) is 6.07 Å². The lowest BCUT2D eigenvalue weighted by atomic mass is 9.97. The van der Waals surface area contributed by atoms with E-state index in [2.05, 4.69) is 35.3 Å². The fourth-order valence-electron chi connectivity index (χ4n) is 2.92. The number of nitrogens with one attached hydrogen (secondary N) is 1. The maximum atomic E-state index is 8.92. The van der Waals surface area contributed by atoms with Gasteiger partial charge in [0.15, 0.2) is 0 Å². The molecule has 0 unspecified atom stereocenters. The minimum absolute atomic E-state index is 0. The Morgan fingerprint density at radius 1 is 1.14 bits per heavy atom. The summed E-state index contributed by atoms with van der Waals surface area (Å²) in [5, 5.41) is 12.3. The summed E-state index contributed by atoms with van der Waals surface area (Å²) in [6.45, 7) is 6.66. The average molecular weight is 344 g/mol. The van der Waals surface area contributed by atoms with E-state index in [1.165, 1.54) is 31.2 Å². The Hall–Kier alpha value is -0.790. The molecule has 1 saturated heterocycles. The van der Waals surface area contributed by atoms with Crippen molar-refractivity contribution in [2.24, 2.45) is 0 Å². The molecule has 0 spiro atoms. The molecule has 0 saturated carbocycles. The highest BCUT2D eigenvalue weighted by molar-refractivity contribution is 5.85. The van der Waals surface area contributed by atoms with Gasteiger partial charge in [0.2, 0.25) is 0 Å². The molecule has 0 bridgehead atoms. The molecule has 1 N–H and O–H groups in total. The van der Waals surface area contributed by atoms with Gasteiger partial charge in [0.05, 0.1) is 11.6 Å². The quantitative estimate of drug-likeness (QED) is 0.795. The van der Waals surface area contributed by atoms with Crippen LogP contribution in [0.1, 0.15) is 49.8 Å². The molecule has 1 heterocycles. The highest BCUT2D eigenvalue weighted by Crippen LogP contribution is 2.27. The lowest BCUT2D eigenvalue weighted by Gasteiger charge is -2.35. The summed E-state index contributed by atoms with van der Waals surface area (Å²) in [5.41, 5.74) is 2.11. The Kier molecular flexibility index (Phi) is 11.3. The zero-order valence-corrected chi connectivity index (χ0v) is 14.9. The van der Waals surface area contributed by atoms with Crippen LogP contribution in [0.5, 0.6) is 0 Å². The maximum Gasteiger partial charge on any atom is 0.0991 e. The number of benzene rings is 1. The summed E-state index contributed by atoms with van der Waals surface area (Å²) < 4.78 is 0. The van der Waals surface area contributed by atoms with E-state index in [-0.39, 0.29) is 24.8 Å². The van der Waals surface area contributed by atoms with Gasteiger partial charge in [0.25, 0.3) is 0 Å². The van der Waals surface area contributed by atoms with Crippen molar-refractivity contribution in [2.75, 3.05) is 26.2 Å². The fourth-order valence-corrected chi connectivity index (χ4v) is 2.92. The number of nitrogens with zero attached hydrogens (tertiary/aromatic N) is 2. The van der Waals surface area contributed by atoms with Crippen molar-refractivity contribution in [2.45, 2.75) is 38.6 Å². The standard InChI is InChI=1S/C17H25N3.2ClH/c1-2-3-4-5-17(20-12-10-19-11-13-20)16-8-6-15(14-18)7-9-16;;/h6-9,17,19H,2-5,10-13H2,1H3;2*1H/t17-;;/m1../s1. The molecule has 0 aromatic heterocycles. The third kappa shape index (κ3) is 6.14. The first-order valence-corrected chi connectivity index (χ1v) is 7.80. The first kappa shape index (κ1) is 21.2. The predicted molar refractivity (Wildman–Crippen MR) is 97.0 cm³/mol. The van der Waals surface area contributed by atoms with Gasteiger partial charge in [-0.15, -0.1) is 24.8 Å². The summed E-state index contributed by atoms with van der Waals surface area (Å²) >= 11 is 0. The number of piperazine rings is 1.